The highest BCUT2D eigenvalue weighted by atomic mass is 35.5. The summed E-state index contributed by atoms with van der Waals surface area (Å²) in [6, 6.07) is 16.5. The summed E-state index contributed by atoms with van der Waals surface area (Å²) < 4.78 is 27.5. The third kappa shape index (κ3) is 4.78. The normalized spacial score (nSPS) is 11.9. The Morgan fingerprint density at radius 2 is 1.75 bits per heavy atom. The van der Waals surface area contributed by atoms with Gasteiger partial charge in [-0.3, -0.25) is 9.52 Å². The minimum atomic E-state index is -3.76. The Labute approximate surface area is 171 Å². The molecule has 0 bridgehead atoms. The molecule has 6 nitrogen and oxygen atoms in total. The highest BCUT2D eigenvalue weighted by Crippen LogP contribution is 2.22. The first-order valence-electron chi connectivity index (χ1n) is 8.13. The number of rotatable bonds is 6. The molecule has 0 aliphatic rings. The average molecular weight is 434 g/mol. The van der Waals surface area contributed by atoms with E-state index < -0.39 is 15.9 Å². The zero-order valence-corrected chi connectivity index (χ0v) is 17.1. The van der Waals surface area contributed by atoms with E-state index in [2.05, 4.69) is 15.2 Å². The van der Waals surface area contributed by atoms with Crippen LogP contribution in [0.4, 0.5) is 5.69 Å². The summed E-state index contributed by atoms with van der Waals surface area (Å²) in [7, 11) is -3.76. The molecule has 2 N–H and O–H groups in total. The number of para-hydroxylation sites is 1. The fourth-order valence-corrected chi connectivity index (χ4v) is 4.53. The summed E-state index contributed by atoms with van der Waals surface area (Å²) in [5.74, 6) is -0.530. The molecule has 0 aliphatic carbocycles. The molecule has 0 atom stereocenters. The van der Waals surface area contributed by atoms with Crippen LogP contribution in [0.5, 0.6) is 0 Å². The number of hydrogen-bond donors (Lipinski definition) is 2. The lowest BCUT2D eigenvalue weighted by atomic mass is 10.1. The third-order valence-electron chi connectivity index (χ3n) is 3.76. The van der Waals surface area contributed by atoms with Gasteiger partial charge in [-0.2, -0.15) is 5.10 Å². The van der Waals surface area contributed by atoms with Crippen LogP contribution in [0.25, 0.3) is 0 Å². The van der Waals surface area contributed by atoms with E-state index in [0.717, 1.165) is 16.9 Å². The highest BCUT2D eigenvalue weighted by Gasteiger charge is 2.19. The van der Waals surface area contributed by atoms with Gasteiger partial charge in [-0.25, -0.2) is 13.8 Å². The Balaban J connectivity index is 1.79. The maximum atomic E-state index is 12.6. The molecule has 1 amide bonds. The molecular weight excluding hydrogens is 418 g/mol. The van der Waals surface area contributed by atoms with Crippen LogP contribution in [0.3, 0.4) is 0 Å². The van der Waals surface area contributed by atoms with Crippen molar-refractivity contribution < 1.29 is 13.2 Å². The second-order valence-corrected chi connectivity index (χ2v) is 9.02. The number of thiophene rings is 1. The summed E-state index contributed by atoms with van der Waals surface area (Å²) in [6.45, 7) is 1.74. The van der Waals surface area contributed by atoms with Gasteiger partial charge >= 0.3 is 0 Å². The van der Waals surface area contributed by atoms with E-state index in [1.165, 1.54) is 18.2 Å². The standard InChI is InChI=1S/C19H16ClN3O3S2/c1-13(14-8-10-15(20)11-9-14)21-22-19(24)16-5-2-3-6-17(16)23-28(25,26)18-7-4-12-27-18/h2-12,23H,1H3,(H,22,24)/b21-13-. The molecule has 9 heteroatoms. The SMILES string of the molecule is C/C(=N/NC(=O)c1ccccc1NS(=O)(=O)c1cccs1)c1ccc(Cl)cc1. The van der Waals surface area contributed by atoms with Crippen LogP contribution in [0, 0.1) is 0 Å². The van der Waals surface area contributed by atoms with Crippen LogP contribution < -0.4 is 10.1 Å². The van der Waals surface area contributed by atoms with Crippen LogP contribution in [-0.2, 0) is 10.0 Å². The van der Waals surface area contributed by atoms with Gasteiger partial charge in [0.25, 0.3) is 15.9 Å². The Kier molecular flexibility index (Phi) is 6.13. The van der Waals surface area contributed by atoms with Gasteiger partial charge in [0.2, 0.25) is 0 Å². The number of anilines is 1. The quantitative estimate of drug-likeness (QED) is 0.447. The van der Waals surface area contributed by atoms with Crippen LogP contribution in [0.1, 0.15) is 22.8 Å². The monoisotopic (exact) mass is 433 g/mol. The molecule has 3 aromatic rings. The van der Waals surface area contributed by atoms with Gasteiger partial charge in [-0.1, -0.05) is 41.9 Å². The Bertz CT molecular complexity index is 1110. The molecule has 3 rings (SSSR count). The van der Waals surface area contributed by atoms with Crippen molar-refractivity contribution in [3.05, 3.63) is 82.2 Å². The first-order valence-corrected chi connectivity index (χ1v) is 10.9. The summed E-state index contributed by atoms with van der Waals surface area (Å²) >= 11 is 6.96. The number of halogens is 1. The fraction of sp³-hybridized carbons (Fsp3) is 0.0526. The second kappa shape index (κ2) is 8.55. The van der Waals surface area contributed by atoms with E-state index >= 15 is 0 Å². The van der Waals surface area contributed by atoms with Gasteiger partial charge in [0, 0.05) is 5.02 Å². The molecule has 0 saturated heterocycles. The molecule has 144 valence electrons. The first-order chi connectivity index (χ1) is 13.4. The van der Waals surface area contributed by atoms with Crippen molar-refractivity contribution in [1.82, 2.24) is 5.43 Å². The van der Waals surface area contributed by atoms with Crippen LogP contribution in [0.2, 0.25) is 5.02 Å². The third-order valence-corrected chi connectivity index (χ3v) is 6.78. The lowest BCUT2D eigenvalue weighted by Crippen LogP contribution is -2.22. The van der Waals surface area contributed by atoms with Gasteiger partial charge in [0.15, 0.2) is 0 Å². The molecule has 0 radical (unpaired) electrons. The predicted molar refractivity (Wildman–Crippen MR) is 113 cm³/mol. The van der Waals surface area contributed by atoms with E-state index in [4.69, 9.17) is 11.6 Å². The van der Waals surface area contributed by atoms with E-state index in [1.54, 1.807) is 54.8 Å². The van der Waals surface area contributed by atoms with Crippen molar-refractivity contribution in [2.75, 3.05) is 4.72 Å². The lowest BCUT2D eigenvalue weighted by molar-refractivity contribution is 0.0955. The average Bonchev–Trinajstić information content (AvgIpc) is 3.22. The molecule has 0 unspecified atom stereocenters. The molecule has 0 saturated carbocycles. The summed E-state index contributed by atoms with van der Waals surface area (Å²) in [6.07, 6.45) is 0. The van der Waals surface area contributed by atoms with Crippen LogP contribution >= 0.6 is 22.9 Å². The topological polar surface area (TPSA) is 87.6 Å². The second-order valence-electron chi connectivity index (χ2n) is 5.73. The number of nitrogens with zero attached hydrogens (tertiary/aromatic N) is 1. The van der Waals surface area contributed by atoms with Crippen molar-refractivity contribution in [2.45, 2.75) is 11.1 Å². The predicted octanol–water partition coefficient (Wildman–Crippen LogP) is 4.36. The number of carbonyl (C=O) groups is 1. The van der Waals surface area contributed by atoms with Gasteiger partial charge in [-0.05, 0) is 48.2 Å². The van der Waals surface area contributed by atoms with Crippen LogP contribution in [0.15, 0.2) is 75.4 Å². The zero-order valence-electron chi connectivity index (χ0n) is 14.7. The van der Waals surface area contributed by atoms with Crippen molar-refractivity contribution in [2.24, 2.45) is 5.10 Å². The van der Waals surface area contributed by atoms with E-state index in [1.807, 2.05) is 0 Å². The lowest BCUT2D eigenvalue weighted by Gasteiger charge is -2.11. The number of sulfonamides is 1. The molecule has 28 heavy (non-hydrogen) atoms. The Morgan fingerprint density at radius 3 is 2.43 bits per heavy atom. The smallest absolute Gasteiger partial charge is 0.273 e. The van der Waals surface area contributed by atoms with Crippen molar-refractivity contribution in [3.63, 3.8) is 0 Å². The number of carbonyl (C=O) groups excluding carboxylic acids is 1. The summed E-state index contributed by atoms with van der Waals surface area (Å²) in [4.78, 5) is 12.6. The number of hydrazone groups is 1. The molecule has 0 spiro atoms. The number of hydrogen-bond acceptors (Lipinski definition) is 5. The van der Waals surface area contributed by atoms with Gasteiger partial charge in [-0.15, -0.1) is 11.3 Å². The maximum absolute atomic E-state index is 12.6. The Morgan fingerprint density at radius 1 is 1.04 bits per heavy atom. The van der Waals surface area contributed by atoms with Gasteiger partial charge < -0.3 is 0 Å². The maximum Gasteiger partial charge on any atom is 0.273 e. The van der Waals surface area contributed by atoms with Crippen molar-refractivity contribution >= 4 is 50.3 Å². The van der Waals surface area contributed by atoms with Crippen molar-refractivity contribution in [3.8, 4) is 0 Å². The van der Waals surface area contributed by atoms with Gasteiger partial charge in [0.1, 0.15) is 4.21 Å². The van der Waals surface area contributed by atoms with Crippen molar-refractivity contribution in [1.29, 1.82) is 0 Å². The number of nitrogens with one attached hydrogen (secondary N) is 2. The molecule has 0 aliphatic heterocycles. The van der Waals surface area contributed by atoms with Gasteiger partial charge in [0.05, 0.1) is 17.0 Å². The van der Waals surface area contributed by atoms with E-state index in [-0.39, 0.29) is 15.5 Å². The molecule has 1 aromatic heterocycles. The fourth-order valence-electron chi connectivity index (χ4n) is 2.33. The minimum Gasteiger partial charge on any atom is -0.278 e. The first kappa shape index (κ1) is 20.1. The highest BCUT2D eigenvalue weighted by molar-refractivity contribution is 7.94. The number of amides is 1. The summed E-state index contributed by atoms with van der Waals surface area (Å²) in [5.41, 5.74) is 4.18. The summed E-state index contributed by atoms with van der Waals surface area (Å²) in [5, 5.41) is 6.36. The molecule has 2 aromatic carbocycles. The zero-order chi connectivity index (χ0) is 20.1. The Hall–Kier alpha value is -2.68. The largest absolute Gasteiger partial charge is 0.278 e. The van der Waals surface area contributed by atoms with E-state index in [0.29, 0.717) is 10.7 Å². The minimum absolute atomic E-state index is 0.162. The molecule has 1 heterocycles. The van der Waals surface area contributed by atoms with E-state index in [9.17, 15) is 13.2 Å². The number of benzene rings is 2. The molecular formula is C19H16ClN3O3S2. The molecule has 0 fully saturated rings. The van der Waals surface area contributed by atoms with Crippen LogP contribution in [-0.4, -0.2) is 20.0 Å².